The van der Waals surface area contributed by atoms with Crippen molar-refractivity contribution in [3.05, 3.63) is 41.5 Å². The number of aliphatic carboxylic acids is 1. The zero-order valence-corrected chi connectivity index (χ0v) is 13.4. The molecule has 2 heterocycles. The molecule has 1 N–H and O–H groups in total. The molecule has 24 heavy (non-hydrogen) atoms. The molecule has 2 aromatic heterocycles. The number of Topliss-reactive ketones (excluding diaryl/α,β-unsaturated/α-hetero) is 2. The largest absolute Gasteiger partial charge is 0.497 e. The molecule has 0 atom stereocenters. The van der Waals surface area contributed by atoms with Crippen LogP contribution in [0.5, 0.6) is 5.75 Å². The minimum Gasteiger partial charge on any atom is -0.497 e. The van der Waals surface area contributed by atoms with Crippen molar-refractivity contribution in [2.45, 2.75) is 6.42 Å². The number of fused-ring (bicyclic) bond motifs is 1. The van der Waals surface area contributed by atoms with Gasteiger partial charge >= 0.3 is 5.97 Å². The van der Waals surface area contributed by atoms with Crippen LogP contribution in [-0.4, -0.2) is 39.1 Å². The third kappa shape index (κ3) is 2.79. The van der Waals surface area contributed by atoms with E-state index in [0.29, 0.717) is 22.0 Å². The summed E-state index contributed by atoms with van der Waals surface area (Å²) in [5.41, 5.74) is 1.29. The quantitative estimate of drug-likeness (QED) is 0.418. The van der Waals surface area contributed by atoms with Crippen LogP contribution in [0.25, 0.3) is 16.2 Å². The summed E-state index contributed by atoms with van der Waals surface area (Å²) < 4.78 is 6.68. The van der Waals surface area contributed by atoms with Gasteiger partial charge in [-0.2, -0.15) is 0 Å². The Bertz CT molecular complexity index is 939. The molecule has 7 nitrogen and oxygen atoms in total. The van der Waals surface area contributed by atoms with Crippen molar-refractivity contribution in [1.82, 2.24) is 9.38 Å². The van der Waals surface area contributed by atoms with E-state index in [2.05, 4.69) is 4.98 Å². The molecule has 0 aliphatic carbocycles. The molecule has 122 valence electrons. The van der Waals surface area contributed by atoms with E-state index in [1.165, 1.54) is 11.3 Å². The number of imidazole rings is 1. The maximum absolute atomic E-state index is 12.5. The van der Waals surface area contributed by atoms with E-state index in [9.17, 15) is 14.4 Å². The van der Waals surface area contributed by atoms with Gasteiger partial charge in [-0.15, -0.1) is 11.3 Å². The van der Waals surface area contributed by atoms with Crippen molar-refractivity contribution in [1.29, 1.82) is 0 Å². The molecular formula is C16H12N2O5S. The molecule has 0 saturated heterocycles. The first kappa shape index (κ1) is 15.9. The van der Waals surface area contributed by atoms with Gasteiger partial charge in [-0.25, -0.2) is 9.78 Å². The third-order valence-corrected chi connectivity index (χ3v) is 4.21. The second-order valence-corrected chi connectivity index (χ2v) is 5.79. The van der Waals surface area contributed by atoms with Crippen LogP contribution in [0.1, 0.15) is 16.9 Å². The number of aromatic nitrogens is 2. The zero-order chi connectivity index (χ0) is 17.3. The monoisotopic (exact) mass is 344 g/mol. The van der Waals surface area contributed by atoms with Crippen molar-refractivity contribution in [2.75, 3.05) is 7.11 Å². The number of thiazole rings is 1. The first-order chi connectivity index (χ1) is 11.5. The maximum Gasteiger partial charge on any atom is 0.372 e. The van der Waals surface area contributed by atoms with E-state index in [4.69, 9.17) is 9.84 Å². The fourth-order valence-electron chi connectivity index (χ4n) is 2.31. The number of carboxylic acids is 1. The van der Waals surface area contributed by atoms with Gasteiger partial charge in [0.15, 0.2) is 10.7 Å². The summed E-state index contributed by atoms with van der Waals surface area (Å²) in [4.78, 5) is 39.6. The molecule has 0 fully saturated rings. The maximum atomic E-state index is 12.5. The summed E-state index contributed by atoms with van der Waals surface area (Å²) in [6.45, 7) is 0. The van der Waals surface area contributed by atoms with Crippen molar-refractivity contribution in [3.8, 4) is 17.0 Å². The Hall–Kier alpha value is -3.00. The Morgan fingerprint density at radius 2 is 1.96 bits per heavy atom. The molecule has 1 aromatic carbocycles. The normalized spacial score (nSPS) is 10.7. The van der Waals surface area contributed by atoms with Crippen LogP contribution >= 0.6 is 11.3 Å². The average molecular weight is 344 g/mol. The van der Waals surface area contributed by atoms with Crippen molar-refractivity contribution in [3.63, 3.8) is 0 Å². The minimum atomic E-state index is -1.62. The molecule has 3 aromatic rings. The fraction of sp³-hybridized carbons (Fsp3) is 0.125. The lowest BCUT2D eigenvalue weighted by Crippen LogP contribution is -2.18. The van der Waals surface area contributed by atoms with Gasteiger partial charge in [0, 0.05) is 17.1 Å². The van der Waals surface area contributed by atoms with Gasteiger partial charge in [0.25, 0.3) is 0 Å². The molecule has 0 aliphatic heterocycles. The number of nitrogens with zero attached hydrogens (tertiary/aromatic N) is 2. The van der Waals surface area contributed by atoms with E-state index in [0.717, 1.165) is 0 Å². The van der Waals surface area contributed by atoms with Crippen LogP contribution in [-0.2, 0) is 9.59 Å². The number of rotatable bonds is 6. The molecule has 3 rings (SSSR count). The third-order valence-electron chi connectivity index (χ3n) is 3.45. The molecule has 0 amide bonds. The summed E-state index contributed by atoms with van der Waals surface area (Å²) in [5.74, 6) is -2.70. The number of hydrogen-bond donors (Lipinski definition) is 1. The van der Waals surface area contributed by atoms with Gasteiger partial charge in [-0.1, -0.05) is 0 Å². The number of ketones is 2. The van der Waals surface area contributed by atoms with E-state index in [1.807, 2.05) is 0 Å². The molecule has 0 unspecified atom stereocenters. The topological polar surface area (TPSA) is 98.0 Å². The minimum absolute atomic E-state index is 0.200. The molecule has 8 heteroatoms. The number of hydrogen-bond acceptors (Lipinski definition) is 6. The van der Waals surface area contributed by atoms with Crippen LogP contribution in [0.3, 0.4) is 0 Å². The van der Waals surface area contributed by atoms with E-state index >= 15 is 0 Å². The van der Waals surface area contributed by atoms with Crippen LogP contribution < -0.4 is 4.74 Å². The lowest BCUT2D eigenvalue weighted by molar-refractivity contribution is -0.148. The highest BCUT2D eigenvalue weighted by Crippen LogP contribution is 2.29. The zero-order valence-electron chi connectivity index (χ0n) is 12.6. The van der Waals surface area contributed by atoms with E-state index in [1.54, 1.807) is 47.4 Å². The Kier molecular flexibility index (Phi) is 4.13. The highest BCUT2D eigenvalue weighted by atomic mass is 32.1. The van der Waals surface area contributed by atoms with Gasteiger partial charge in [-0.3, -0.25) is 14.0 Å². The van der Waals surface area contributed by atoms with Gasteiger partial charge in [-0.05, 0) is 24.3 Å². The molecule has 0 radical (unpaired) electrons. The Labute approximate surface area is 140 Å². The highest BCUT2D eigenvalue weighted by molar-refractivity contribution is 7.15. The fourth-order valence-corrected chi connectivity index (χ4v) is 3.02. The summed E-state index contributed by atoms with van der Waals surface area (Å²) in [6, 6.07) is 6.97. The van der Waals surface area contributed by atoms with Crippen molar-refractivity contribution < 1.29 is 24.2 Å². The highest BCUT2D eigenvalue weighted by Gasteiger charge is 2.25. The SMILES string of the molecule is COc1ccc(-c2nc3sccn3c2C(=O)CC(=O)C(=O)O)cc1. The van der Waals surface area contributed by atoms with Crippen LogP contribution in [0, 0.1) is 0 Å². The second kappa shape index (κ2) is 6.25. The molecular weight excluding hydrogens is 332 g/mol. The van der Waals surface area contributed by atoms with Crippen LogP contribution in [0.15, 0.2) is 35.8 Å². The summed E-state index contributed by atoms with van der Waals surface area (Å²) in [5, 5.41) is 10.5. The predicted molar refractivity (Wildman–Crippen MR) is 86.6 cm³/mol. The molecule has 0 saturated carbocycles. The van der Waals surface area contributed by atoms with E-state index < -0.39 is 24.0 Å². The number of methoxy groups -OCH3 is 1. The molecule has 0 spiro atoms. The summed E-state index contributed by atoms with van der Waals surface area (Å²) >= 11 is 1.34. The van der Waals surface area contributed by atoms with Crippen molar-refractivity contribution in [2.24, 2.45) is 0 Å². The number of carboxylic acid groups (broad SMARTS) is 1. The Morgan fingerprint density at radius 3 is 2.58 bits per heavy atom. The van der Waals surface area contributed by atoms with Crippen LogP contribution in [0.2, 0.25) is 0 Å². The number of ether oxygens (including phenoxy) is 1. The smallest absolute Gasteiger partial charge is 0.372 e. The lowest BCUT2D eigenvalue weighted by Gasteiger charge is -2.04. The average Bonchev–Trinajstić information content (AvgIpc) is 3.15. The lowest BCUT2D eigenvalue weighted by atomic mass is 10.0. The predicted octanol–water partition coefficient (Wildman–Crippen LogP) is 2.30. The van der Waals surface area contributed by atoms with Gasteiger partial charge in [0.05, 0.1) is 13.5 Å². The van der Waals surface area contributed by atoms with E-state index in [-0.39, 0.29) is 5.69 Å². The van der Waals surface area contributed by atoms with Gasteiger partial charge in [0.2, 0.25) is 5.78 Å². The Balaban J connectivity index is 2.07. The number of carbonyl (C=O) groups excluding carboxylic acids is 2. The Morgan fingerprint density at radius 1 is 1.25 bits per heavy atom. The van der Waals surface area contributed by atoms with Crippen LogP contribution in [0.4, 0.5) is 0 Å². The van der Waals surface area contributed by atoms with Gasteiger partial charge in [0.1, 0.15) is 17.1 Å². The molecule has 0 bridgehead atoms. The van der Waals surface area contributed by atoms with Gasteiger partial charge < -0.3 is 9.84 Å². The standard InChI is InChI=1S/C16H12N2O5S/c1-23-10-4-2-9(3-5-10)13-14(11(19)8-12(20)15(21)22)18-6-7-24-16(18)17-13/h2-7H,8H2,1H3,(H,21,22). The second-order valence-electron chi connectivity index (χ2n) is 4.92. The summed E-state index contributed by atoms with van der Waals surface area (Å²) in [7, 11) is 1.55. The summed E-state index contributed by atoms with van der Waals surface area (Å²) in [6.07, 6.45) is 0.959. The molecule has 0 aliphatic rings. The first-order valence-electron chi connectivity index (χ1n) is 6.90. The number of benzene rings is 1. The van der Waals surface area contributed by atoms with Crippen molar-refractivity contribution >= 4 is 33.8 Å². The number of carbonyl (C=O) groups is 3. The first-order valence-corrected chi connectivity index (χ1v) is 7.78.